The van der Waals surface area contributed by atoms with Crippen LogP contribution in [0.2, 0.25) is 0 Å². The second-order valence-corrected chi connectivity index (χ2v) is 4.41. The van der Waals surface area contributed by atoms with Gasteiger partial charge in [0.15, 0.2) is 0 Å². The van der Waals surface area contributed by atoms with Gasteiger partial charge in [0.2, 0.25) is 0 Å². The summed E-state index contributed by atoms with van der Waals surface area (Å²) in [4.78, 5) is 2.29. The summed E-state index contributed by atoms with van der Waals surface area (Å²) in [6, 6.07) is 0. The third-order valence-electron chi connectivity index (χ3n) is 3.15. The van der Waals surface area contributed by atoms with Crippen molar-refractivity contribution in [3.8, 4) is 0 Å². The highest BCUT2D eigenvalue weighted by molar-refractivity contribution is 4.91. The average Bonchev–Trinajstić information content (AvgIpc) is 2.54. The fraction of sp³-hybridized carbons (Fsp3) is 1.00. The Morgan fingerprint density at radius 3 is 2.62 bits per heavy atom. The Morgan fingerprint density at radius 2 is 2.00 bits per heavy atom. The number of alkyl halides is 1. The van der Waals surface area contributed by atoms with Crippen LogP contribution >= 0.6 is 0 Å². The first-order valence-corrected chi connectivity index (χ1v) is 5.41. The molecule has 1 unspecified atom stereocenters. The summed E-state index contributed by atoms with van der Waals surface area (Å²) >= 11 is 0. The molecule has 0 radical (unpaired) electrons. The molecule has 2 nitrogen and oxygen atoms in total. The Kier molecular flexibility index (Phi) is 2.84. The van der Waals surface area contributed by atoms with Crippen molar-refractivity contribution in [2.75, 3.05) is 32.7 Å². The monoisotopic (exact) mass is 186 g/mol. The summed E-state index contributed by atoms with van der Waals surface area (Å²) in [7, 11) is 0. The highest BCUT2D eigenvalue weighted by atomic mass is 19.1. The summed E-state index contributed by atoms with van der Waals surface area (Å²) in [5.74, 6) is 0. The molecule has 0 aromatic carbocycles. The minimum atomic E-state index is -0.933. The number of nitrogens with one attached hydrogen (secondary N) is 1. The first-order valence-electron chi connectivity index (χ1n) is 5.41. The molecule has 2 aliphatic heterocycles. The fourth-order valence-electron chi connectivity index (χ4n) is 2.37. The maximum Gasteiger partial charge on any atom is 0.137 e. The van der Waals surface area contributed by atoms with Crippen LogP contribution in [0, 0.1) is 0 Å². The SMILES string of the molecule is FC1(CN2CCCCC2)CCNC1. The lowest BCUT2D eigenvalue weighted by Gasteiger charge is -2.31. The van der Waals surface area contributed by atoms with E-state index in [4.69, 9.17) is 0 Å². The van der Waals surface area contributed by atoms with Crippen molar-refractivity contribution in [1.29, 1.82) is 0 Å². The Morgan fingerprint density at radius 1 is 1.23 bits per heavy atom. The van der Waals surface area contributed by atoms with Gasteiger partial charge in [0.1, 0.15) is 5.67 Å². The van der Waals surface area contributed by atoms with Gasteiger partial charge in [-0.05, 0) is 38.9 Å². The summed E-state index contributed by atoms with van der Waals surface area (Å²) in [5, 5.41) is 3.10. The van der Waals surface area contributed by atoms with Crippen molar-refractivity contribution < 1.29 is 4.39 Å². The van der Waals surface area contributed by atoms with Crippen LogP contribution in [0.5, 0.6) is 0 Å². The van der Waals surface area contributed by atoms with Gasteiger partial charge in [0.25, 0.3) is 0 Å². The summed E-state index contributed by atoms with van der Waals surface area (Å²) in [6.45, 7) is 4.27. The van der Waals surface area contributed by atoms with Crippen molar-refractivity contribution >= 4 is 0 Å². The second-order valence-electron chi connectivity index (χ2n) is 4.41. The van der Waals surface area contributed by atoms with E-state index in [1.54, 1.807) is 0 Å². The fourth-order valence-corrected chi connectivity index (χ4v) is 2.37. The molecule has 1 N–H and O–H groups in total. The average molecular weight is 186 g/mol. The van der Waals surface area contributed by atoms with Crippen molar-refractivity contribution in [1.82, 2.24) is 10.2 Å². The molecule has 2 aliphatic rings. The molecule has 2 fully saturated rings. The van der Waals surface area contributed by atoms with E-state index in [9.17, 15) is 4.39 Å². The quantitative estimate of drug-likeness (QED) is 0.696. The number of nitrogens with zero attached hydrogens (tertiary/aromatic N) is 1. The van der Waals surface area contributed by atoms with Crippen LogP contribution in [0.1, 0.15) is 25.7 Å². The third-order valence-corrected chi connectivity index (χ3v) is 3.15. The highest BCUT2D eigenvalue weighted by Gasteiger charge is 2.35. The smallest absolute Gasteiger partial charge is 0.137 e. The molecule has 13 heavy (non-hydrogen) atoms. The molecular formula is C10H19FN2. The Balaban J connectivity index is 1.81. The molecule has 2 saturated heterocycles. The van der Waals surface area contributed by atoms with Gasteiger partial charge >= 0.3 is 0 Å². The lowest BCUT2D eigenvalue weighted by atomic mass is 10.0. The zero-order valence-corrected chi connectivity index (χ0v) is 8.19. The summed E-state index contributed by atoms with van der Waals surface area (Å²) < 4.78 is 14.0. The molecule has 3 heteroatoms. The van der Waals surface area contributed by atoms with E-state index < -0.39 is 5.67 Å². The number of hydrogen-bond acceptors (Lipinski definition) is 2. The van der Waals surface area contributed by atoms with E-state index in [0.29, 0.717) is 19.5 Å². The van der Waals surface area contributed by atoms with Crippen LogP contribution in [0.25, 0.3) is 0 Å². The number of rotatable bonds is 2. The molecule has 0 bridgehead atoms. The maximum absolute atomic E-state index is 14.0. The predicted octanol–water partition coefficient (Wildman–Crippen LogP) is 1.17. The van der Waals surface area contributed by atoms with Crippen molar-refractivity contribution in [2.45, 2.75) is 31.4 Å². The van der Waals surface area contributed by atoms with E-state index >= 15 is 0 Å². The van der Waals surface area contributed by atoms with E-state index in [-0.39, 0.29) is 0 Å². The van der Waals surface area contributed by atoms with Crippen molar-refractivity contribution in [2.24, 2.45) is 0 Å². The first kappa shape index (κ1) is 9.41. The van der Waals surface area contributed by atoms with Gasteiger partial charge in [-0.15, -0.1) is 0 Å². The molecule has 0 saturated carbocycles. The molecule has 0 aromatic rings. The molecule has 1 atom stereocenters. The second kappa shape index (κ2) is 3.93. The highest BCUT2D eigenvalue weighted by Crippen LogP contribution is 2.22. The molecule has 2 heterocycles. The molecule has 0 amide bonds. The number of piperidine rings is 1. The normalized spacial score (nSPS) is 36.7. The van der Waals surface area contributed by atoms with Crippen molar-refractivity contribution in [3.63, 3.8) is 0 Å². The van der Waals surface area contributed by atoms with E-state index in [1.165, 1.54) is 19.3 Å². The van der Waals surface area contributed by atoms with Crippen LogP contribution in [0.3, 0.4) is 0 Å². The molecular weight excluding hydrogens is 167 g/mol. The van der Waals surface area contributed by atoms with Gasteiger partial charge < -0.3 is 10.2 Å². The van der Waals surface area contributed by atoms with Crippen LogP contribution < -0.4 is 5.32 Å². The standard InChI is InChI=1S/C10H19FN2/c11-10(4-5-12-8-10)9-13-6-2-1-3-7-13/h12H,1-9H2. The van der Waals surface area contributed by atoms with Gasteiger partial charge in [-0.3, -0.25) is 0 Å². The van der Waals surface area contributed by atoms with Crippen LogP contribution in [0.15, 0.2) is 0 Å². The van der Waals surface area contributed by atoms with E-state index in [1.807, 2.05) is 0 Å². The minimum Gasteiger partial charge on any atom is -0.313 e. The molecule has 0 aliphatic carbocycles. The predicted molar refractivity (Wildman–Crippen MR) is 51.6 cm³/mol. The topological polar surface area (TPSA) is 15.3 Å². The molecule has 0 aromatic heterocycles. The summed E-state index contributed by atoms with van der Waals surface area (Å²) in [6.07, 6.45) is 4.53. The van der Waals surface area contributed by atoms with E-state index in [2.05, 4.69) is 10.2 Å². The molecule has 76 valence electrons. The summed E-state index contributed by atoms with van der Waals surface area (Å²) in [5.41, 5.74) is -0.933. The first-order chi connectivity index (χ1) is 6.29. The number of hydrogen-bond donors (Lipinski definition) is 1. The Labute approximate surface area is 79.5 Å². The van der Waals surface area contributed by atoms with Crippen LogP contribution in [0.4, 0.5) is 4.39 Å². The number of likely N-dealkylation sites (tertiary alicyclic amines) is 1. The molecule has 0 spiro atoms. The largest absolute Gasteiger partial charge is 0.313 e. The minimum absolute atomic E-state index is 0.559. The van der Waals surface area contributed by atoms with E-state index in [0.717, 1.165) is 19.6 Å². The van der Waals surface area contributed by atoms with Crippen LogP contribution in [-0.4, -0.2) is 43.3 Å². The lowest BCUT2D eigenvalue weighted by Crippen LogP contribution is -2.43. The van der Waals surface area contributed by atoms with Gasteiger partial charge in [-0.1, -0.05) is 6.42 Å². The van der Waals surface area contributed by atoms with Crippen LogP contribution in [-0.2, 0) is 0 Å². The van der Waals surface area contributed by atoms with Gasteiger partial charge in [-0.25, -0.2) is 4.39 Å². The zero-order chi connectivity index (χ0) is 9.15. The maximum atomic E-state index is 14.0. The number of halogens is 1. The van der Waals surface area contributed by atoms with Gasteiger partial charge in [0, 0.05) is 13.1 Å². The Bertz CT molecular complexity index is 160. The lowest BCUT2D eigenvalue weighted by molar-refractivity contribution is 0.0968. The van der Waals surface area contributed by atoms with Crippen molar-refractivity contribution in [3.05, 3.63) is 0 Å². The Hall–Kier alpha value is -0.150. The molecule has 2 rings (SSSR count). The van der Waals surface area contributed by atoms with Gasteiger partial charge in [-0.2, -0.15) is 0 Å². The third kappa shape index (κ3) is 2.41. The zero-order valence-electron chi connectivity index (χ0n) is 8.19. The van der Waals surface area contributed by atoms with Gasteiger partial charge in [0.05, 0.1) is 0 Å².